The van der Waals surface area contributed by atoms with Crippen LogP contribution < -0.4 is 5.32 Å². The molecule has 150 valence electrons. The number of aryl methyl sites for hydroxylation is 1. The quantitative estimate of drug-likeness (QED) is 0.852. The average molecular weight is 395 g/mol. The van der Waals surface area contributed by atoms with Gasteiger partial charge in [-0.15, -0.1) is 0 Å². The highest BCUT2D eigenvalue weighted by Gasteiger charge is 2.32. The van der Waals surface area contributed by atoms with Gasteiger partial charge in [0.2, 0.25) is 10.0 Å². The number of carbonyl (C=O) groups is 1. The highest BCUT2D eigenvalue weighted by Crippen LogP contribution is 2.32. The van der Waals surface area contributed by atoms with E-state index in [2.05, 4.69) is 19.2 Å². The first kappa shape index (κ1) is 20.3. The van der Waals surface area contributed by atoms with E-state index in [1.54, 1.807) is 19.1 Å². The summed E-state index contributed by atoms with van der Waals surface area (Å²) < 4.78 is 32.7. The monoisotopic (exact) mass is 394 g/mol. The molecule has 2 fully saturated rings. The van der Waals surface area contributed by atoms with E-state index in [9.17, 15) is 13.2 Å². The number of carbonyl (C=O) groups excluding carboxylic acids is 1. The molecule has 1 saturated heterocycles. The third-order valence-electron chi connectivity index (χ3n) is 5.83. The summed E-state index contributed by atoms with van der Waals surface area (Å²) in [6.07, 6.45) is 4.10. The van der Waals surface area contributed by atoms with Crippen LogP contribution in [-0.2, 0) is 14.8 Å². The Balaban J connectivity index is 1.81. The zero-order valence-electron chi connectivity index (χ0n) is 16.5. The van der Waals surface area contributed by atoms with Gasteiger partial charge < -0.3 is 10.1 Å². The van der Waals surface area contributed by atoms with Crippen LogP contribution in [0.25, 0.3) is 0 Å². The molecule has 1 N–H and O–H groups in total. The maximum atomic E-state index is 13.0. The summed E-state index contributed by atoms with van der Waals surface area (Å²) >= 11 is 0. The van der Waals surface area contributed by atoms with Gasteiger partial charge in [-0.25, -0.2) is 8.42 Å². The van der Waals surface area contributed by atoms with E-state index in [1.807, 2.05) is 0 Å². The predicted octanol–water partition coefficient (Wildman–Crippen LogP) is 2.71. The van der Waals surface area contributed by atoms with E-state index in [1.165, 1.54) is 10.4 Å². The van der Waals surface area contributed by atoms with Gasteiger partial charge >= 0.3 is 0 Å². The molecule has 0 aromatic heterocycles. The van der Waals surface area contributed by atoms with Crippen molar-refractivity contribution in [3.8, 4) is 0 Å². The second-order valence-electron chi connectivity index (χ2n) is 8.19. The van der Waals surface area contributed by atoms with Crippen molar-refractivity contribution in [3.05, 3.63) is 29.3 Å². The first-order valence-corrected chi connectivity index (χ1v) is 11.2. The van der Waals surface area contributed by atoms with Gasteiger partial charge in [-0.1, -0.05) is 13.0 Å². The molecule has 0 radical (unpaired) electrons. The number of nitrogens with zero attached hydrogens (tertiary/aromatic N) is 1. The fourth-order valence-corrected chi connectivity index (χ4v) is 5.47. The van der Waals surface area contributed by atoms with Crippen molar-refractivity contribution in [1.29, 1.82) is 0 Å². The number of benzene rings is 1. The summed E-state index contributed by atoms with van der Waals surface area (Å²) in [5, 5.41) is 3.14. The van der Waals surface area contributed by atoms with Gasteiger partial charge in [-0.3, -0.25) is 4.79 Å². The number of morpholine rings is 1. The molecular weight excluding hydrogens is 364 g/mol. The van der Waals surface area contributed by atoms with Crippen LogP contribution in [0.1, 0.15) is 55.5 Å². The summed E-state index contributed by atoms with van der Waals surface area (Å²) in [6.45, 7) is 7.56. The highest BCUT2D eigenvalue weighted by atomic mass is 32.2. The number of amides is 1. The highest BCUT2D eigenvalue weighted by molar-refractivity contribution is 7.89. The van der Waals surface area contributed by atoms with Crippen LogP contribution in [0.5, 0.6) is 0 Å². The number of ether oxygens (including phenoxy) is 1. The molecule has 0 unspecified atom stereocenters. The second kappa shape index (κ2) is 7.89. The van der Waals surface area contributed by atoms with E-state index >= 15 is 0 Å². The minimum Gasteiger partial charge on any atom is -0.379 e. The number of hydrogen-bond donors (Lipinski definition) is 1. The van der Waals surface area contributed by atoms with Crippen molar-refractivity contribution in [2.24, 2.45) is 5.92 Å². The smallest absolute Gasteiger partial charge is 0.251 e. The molecule has 1 aromatic rings. The Bertz CT molecular complexity index is 792. The molecule has 0 spiro atoms. The van der Waals surface area contributed by atoms with Gasteiger partial charge in [-0.2, -0.15) is 4.31 Å². The molecule has 0 bridgehead atoms. The van der Waals surface area contributed by atoms with Crippen LogP contribution in [0.3, 0.4) is 0 Å². The van der Waals surface area contributed by atoms with Crippen molar-refractivity contribution in [2.45, 2.75) is 56.9 Å². The largest absolute Gasteiger partial charge is 0.379 e. The molecule has 6 nitrogen and oxygen atoms in total. The zero-order valence-corrected chi connectivity index (χ0v) is 17.3. The lowest BCUT2D eigenvalue weighted by Gasteiger charge is -2.37. The lowest BCUT2D eigenvalue weighted by Crippen LogP contribution is -2.48. The topological polar surface area (TPSA) is 75.7 Å². The van der Waals surface area contributed by atoms with Gasteiger partial charge in [0.15, 0.2) is 0 Å². The maximum absolute atomic E-state index is 13.0. The standard InChI is InChI=1S/C20H30N2O4S/c1-15-6-8-20(3,9-7-15)21-19(23)17-5-4-16(2)18(14-17)27(24,25)22-10-12-26-13-11-22/h4-5,14-15H,6-13H2,1-3H3,(H,21,23). The minimum absolute atomic E-state index is 0.203. The van der Waals surface area contributed by atoms with Crippen LogP contribution in [0.15, 0.2) is 23.1 Å². The number of rotatable bonds is 4. The van der Waals surface area contributed by atoms with Gasteiger partial charge in [0.1, 0.15) is 0 Å². The molecule has 1 saturated carbocycles. The van der Waals surface area contributed by atoms with Gasteiger partial charge in [0.25, 0.3) is 5.91 Å². The third-order valence-corrected chi connectivity index (χ3v) is 7.87. The first-order chi connectivity index (χ1) is 12.7. The first-order valence-electron chi connectivity index (χ1n) is 9.72. The molecule has 1 heterocycles. The second-order valence-corrected chi connectivity index (χ2v) is 10.1. The molecule has 1 aromatic carbocycles. The maximum Gasteiger partial charge on any atom is 0.251 e. The number of nitrogens with one attached hydrogen (secondary N) is 1. The van der Waals surface area contributed by atoms with E-state index in [0.717, 1.165) is 25.7 Å². The SMILES string of the molecule is Cc1ccc(C(=O)NC2(C)CCC(C)CC2)cc1S(=O)(=O)N1CCOCC1. The van der Waals surface area contributed by atoms with E-state index in [0.29, 0.717) is 43.3 Å². The molecular formula is C20H30N2O4S. The van der Waals surface area contributed by atoms with Crippen molar-refractivity contribution < 1.29 is 17.9 Å². The Labute approximate surface area is 162 Å². The fourth-order valence-electron chi connectivity index (χ4n) is 3.82. The number of sulfonamides is 1. The normalized spacial score (nSPS) is 27.3. The lowest BCUT2D eigenvalue weighted by atomic mass is 9.78. The van der Waals surface area contributed by atoms with E-state index in [-0.39, 0.29) is 16.3 Å². The minimum atomic E-state index is -3.63. The van der Waals surface area contributed by atoms with Gasteiger partial charge in [-0.05, 0) is 63.1 Å². The van der Waals surface area contributed by atoms with Crippen molar-refractivity contribution in [2.75, 3.05) is 26.3 Å². The Morgan fingerprint density at radius 2 is 1.85 bits per heavy atom. The summed E-state index contributed by atoms with van der Waals surface area (Å²) in [5.74, 6) is 0.491. The average Bonchev–Trinajstić information content (AvgIpc) is 2.65. The Morgan fingerprint density at radius 1 is 1.22 bits per heavy atom. The molecule has 1 aliphatic carbocycles. The zero-order chi connectivity index (χ0) is 19.7. The molecule has 1 aliphatic heterocycles. The van der Waals surface area contributed by atoms with Crippen LogP contribution in [0.2, 0.25) is 0 Å². The van der Waals surface area contributed by atoms with Crippen molar-refractivity contribution in [1.82, 2.24) is 9.62 Å². The molecule has 7 heteroatoms. The van der Waals surface area contributed by atoms with Crippen LogP contribution >= 0.6 is 0 Å². The third kappa shape index (κ3) is 4.52. The molecule has 0 atom stereocenters. The summed E-state index contributed by atoms with van der Waals surface area (Å²) in [4.78, 5) is 13.0. The molecule has 1 amide bonds. The van der Waals surface area contributed by atoms with Crippen LogP contribution in [0, 0.1) is 12.8 Å². The Kier molecular flexibility index (Phi) is 5.93. The molecule has 27 heavy (non-hydrogen) atoms. The van der Waals surface area contributed by atoms with Gasteiger partial charge in [0, 0.05) is 24.2 Å². The van der Waals surface area contributed by atoms with Crippen LogP contribution in [0.4, 0.5) is 0 Å². The van der Waals surface area contributed by atoms with E-state index in [4.69, 9.17) is 4.74 Å². The molecule has 3 rings (SSSR count). The van der Waals surface area contributed by atoms with Crippen molar-refractivity contribution in [3.63, 3.8) is 0 Å². The Morgan fingerprint density at radius 3 is 2.48 bits per heavy atom. The van der Waals surface area contributed by atoms with Crippen LogP contribution in [-0.4, -0.2) is 50.5 Å². The van der Waals surface area contributed by atoms with Gasteiger partial charge in [0.05, 0.1) is 18.1 Å². The predicted molar refractivity (Wildman–Crippen MR) is 104 cm³/mol. The fraction of sp³-hybridized carbons (Fsp3) is 0.650. The lowest BCUT2D eigenvalue weighted by molar-refractivity contribution is 0.0730. The summed E-state index contributed by atoms with van der Waals surface area (Å²) in [6, 6.07) is 4.94. The van der Waals surface area contributed by atoms with Crippen molar-refractivity contribution >= 4 is 15.9 Å². The molecule has 2 aliphatic rings. The summed E-state index contributed by atoms with van der Waals surface area (Å²) in [7, 11) is -3.63. The van der Waals surface area contributed by atoms with E-state index < -0.39 is 10.0 Å². The number of hydrogen-bond acceptors (Lipinski definition) is 4. The Hall–Kier alpha value is -1.44. The summed E-state index contributed by atoms with van der Waals surface area (Å²) in [5.41, 5.74) is 0.820.